The van der Waals surface area contributed by atoms with Gasteiger partial charge < -0.3 is 25.4 Å². The summed E-state index contributed by atoms with van der Waals surface area (Å²) in [6.45, 7) is 14.4. The van der Waals surface area contributed by atoms with Gasteiger partial charge in [0.15, 0.2) is 0 Å². The summed E-state index contributed by atoms with van der Waals surface area (Å²) in [4.78, 5) is 40.1. The molecule has 174 valence electrons. The second-order valence-corrected chi connectivity index (χ2v) is 10.1. The van der Waals surface area contributed by atoms with Gasteiger partial charge in [-0.3, -0.25) is 9.59 Å². The van der Waals surface area contributed by atoms with Crippen molar-refractivity contribution in [1.29, 1.82) is 0 Å². The van der Waals surface area contributed by atoms with E-state index in [2.05, 4.69) is 10.6 Å². The first-order valence-electron chi connectivity index (χ1n) is 10.4. The number of alkyl carbamates (subject to hydrolysis) is 1. The Kier molecular flexibility index (Phi) is 8.49. The van der Waals surface area contributed by atoms with Gasteiger partial charge in [0.1, 0.15) is 23.4 Å². The summed E-state index contributed by atoms with van der Waals surface area (Å²) < 4.78 is 5.29. The number of hydrogen-bond acceptors (Lipinski definition) is 5. The van der Waals surface area contributed by atoms with Crippen molar-refractivity contribution in [3.8, 4) is 5.75 Å². The summed E-state index contributed by atoms with van der Waals surface area (Å²) >= 11 is 0. The Labute approximate surface area is 185 Å². The van der Waals surface area contributed by atoms with Gasteiger partial charge in [-0.1, -0.05) is 26.0 Å². The summed E-state index contributed by atoms with van der Waals surface area (Å²) in [5, 5.41) is 15.2. The van der Waals surface area contributed by atoms with Crippen LogP contribution < -0.4 is 10.6 Å². The third-order valence-corrected chi connectivity index (χ3v) is 4.30. The summed E-state index contributed by atoms with van der Waals surface area (Å²) in [6, 6.07) is 4.28. The highest BCUT2D eigenvalue weighted by molar-refractivity contribution is 5.92. The molecule has 1 aromatic carbocycles. The quantitative estimate of drug-likeness (QED) is 0.635. The van der Waals surface area contributed by atoms with Gasteiger partial charge in [0.2, 0.25) is 11.8 Å². The predicted octanol–water partition coefficient (Wildman–Crippen LogP) is 3.36. The molecule has 31 heavy (non-hydrogen) atoms. The molecule has 0 saturated heterocycles. The van der Waals surface area contributed by atoms with Crippen LogP contribution in [-0.2, 0) is 14.3 Å². The number of phenols is 1. The highest BCUT2D eigenvalue weighted by Gasteiger charge is 2.36. The van der Waals surface area contributed by atoms with Crippen LogP contribution in [0.2, 0.25) is 0 Å². The van der Waals surface area contributed by atoms with Gasteiger partial charge in [-0.15, -0.1) is 0 Å². The third kappa shape index (κ3) is 8.47. The van der Waals surface area contributed by atoms with Crippen LogP contribution in [0.5, 0.6) is 5.75 Å². The fourth-order valence-electron chi connectivity index (χ4n) is 2.94. The maximum Gasteiger partial charge on any atom is 0.408 e. The van der Waals surface area contributed by atoms with E-state index in [9.17, 15) is 19.5 Å². The fraction of sp³-hybridized carbons (Fsp3) is 0.609. The molecule has 0 bridgehead atoms. The van der Waals surface area contributed by atoms with Gasteiger partial charge in [0.05, 0.1) is 0 Å². The largest absolute Gasteiger partial charge is 0.508 e. The number of rotatable bonds is 6. The van der Waals surface area contributed by atoms with E-state index in [4.69, 9.17) is 4.74 Å². The summed E-state index contributed by atoms with van der Waals surface area (Å²) in [5.41, 5.74) is -0.681. The number of nitrogens with one attached hydrogen (secondary N) is 2. The first-order valence-corrected chi connectivity index (χ1v) is 10.4. The summed E-state index contributed by atoms with van der Waals surface area (Å²) in [7, 11) is 1.52. The number of phenolic OH excluding ortho intramolecular Hbond substituents is 1. The van der Waals surface area contributed by atoms with Crippen LogP contribution in [0.1, 0.15) is 67.0 Å². The molecule has 0 aliphatic carbocycles. The van der Waals surface area contributed by atoms with Crippen molar-refractivity contribution in [3.63, 3.8) is 0 Å². The number of amides is 3. The zero-order chi connectivity index (χ0) is 24.1. The number of carbonyl (C=O) groups is 3. The van der Waals surface area contributed by atoms with E-state index in [1.807, 2.05) is 20.8 Å². The predicted molar refractivity (Wildman–Crippen MR) is 120 cm³/mol. The lowest BCUT2D eigenvalue weighted by Crippen LogP contribution is -2.54. The van der Waals surface area contributed by atoms with Crippen molar-refractivity contribution in [3.05, 3.63) is 29.8 Å². The van der Waals surface area contributed by atoms with E-state index in [1.165, 1.54) is 24.1 Å². The molecule has 0 radical (unpaired) electrons. The van der Waals surface area contributed by atoms with Crippen molar-refractivity contribution in [2.45, 2.75) is 78.6 Å². The molecule has 2 atom stereocenters. The maximum atomic E-state index is 13.4. The molecule has 0 aromatic heterocycles. The highest BCUT2D eigenvalue weighted by atomic mass is 16.6. The van der Waals surface area contributed by atoms with E-state index in [0.717, 1.165) is 0 Å². The molecule has 0 fully saturated rings. The second kappa shape index (κ2) is 10.0. The number of likely N-dealkylation sites (N-methyl/N-ethyl adjacent to an activating group) is 1. The zero-order valence-corrected chi connectivity index (χ0v) is 20.1. The number of aromatic hydroxyl groups is 1. The van der Waals surface area contributed by atoms with Crippen LogP contribution in [0.3, 0.4) is 0 Å². The minimum absolute atomic E-state index is 0.0550. The molecule has 1 aromatic rings. The van der Waals surface area contributed by atoms with Crippen molar-refractivity contribution in [2.24, 2.45) is 5.92 Å². The monoisotopic (exact) mass is 435 g/mol. The fourth-order valence-corrected chi connectivity index (χ4v) is 2.94. The van der Waals surface area contributed by atoms with Crippen LogP contribution in [0.15, 0.2) is 24.3 Å². The molecule has 0 aliphatic rings. The molecule has 8 nitrogen and oxygen atoms in total. The van der Waals surface area contributed by atoms with Crippen LogP contribution >= 0.6 is 0 Å². The topological polar surface area (TPSA) is 108 Å². The molecule has 0 aliphatic heterocycles. The lowest BCUT2D eigenvalue weighted by atomic mass is 9.98. The molecular weight excluding hydrogens is 398 g/mol. The molecular formula is C23H37N3O5. The molecule has 1 rings (SSSR count). The van der Waals surface area contributed by atoms with Crippen LogP contribution in [-0.4, -0.2) is 52.1 Å². The van der Waals surface area contributed by atoms with Crippen molar-refractivity contribution >= 4 is 17.9 Å². The first kappa shape index (κ1) is 26.3. The Morgan fingerprint density at radius 3 is 1.94 bits per heavy atom. The van der Waals surface area contributed by atoms with E-state index in [0.29, 0.717) is 5.56 Å². The number of hydrogen-bond donors (Lipinski definition) is 3. The van der Waals surface area contributed by atoms with Gasteiger partial charge in [-0.2, -0.15) is 0 Å². The average Bonchev–Trinajstić information content (AvgIpc) is 2.57. The zero-order valence-electron chi connectivity index (χ0n) is 20.1. The molecule has 3 N–H and O–H groups in total. The molecule has 2 unspecified atom stereocenters. The van der Waals surface area contributed by atoms with Crippen molar-refractivity contribution < 1.29 is 24.2 Å². The first-order chi connectivity index (χ1) is 14.0. The number of carbonyl (C=O) groups excluding carboxylic acids is 3. The minimum atomic E-state index is -0.950. The SMILES string of the molecule is CC(C)C(NC(=O)OC(C)(C)C)C(=O)N(C)C(C(=O)NC(C)(C)C)c1ccc(O)cc1. The van der Waals surface area contributed by atoms with Gasteiger partial charge in [0.25, 0.3) is 0 Å². The second-order valence-electron chi connectivity index (χ2n) is 10.1. The average molecular weight is 436 g/mol. The maximum absolute atomic E-state index is 13.4. The smallest absolute Gasteiger partial charge is 0.408 e. The van der Waals surface area contributed by atoms with E-state index < -0.39 is 35.2 Å². The lowest BCUT2D eigenvalue weighted by Gasteiger charge is -2.34. The minimum Gasteiger partial charge on any atom is -0.508 e. The van der Waals surface area contributed by atoms with Gasteiger partial charge in [0, 0.05) is 12.6 Å². The van der Waals surface area contributed by atoms with E-state index in [-0.39, 0.29) is 17.6 Å². The molecule has 3 amide bonds. The number of benzene rings is 1. The summed E-state index contributed by atoms with van der Waals surface area (Å²) in [6.07, 6.45) is -0.701. The van der Waals surface area contributed by atoms with Gasteiger partial charge >= 0.3 is 6.09 Å². The van der Waals surface area contributed by atoms with Crippen LogP contribution in [0.4, 0.5) is 4.79 Å². The molecule has 0 saturated carbocycles. The van der Waals surface area contributed by atoms with Crippen molar-refractivity contribution in [1.82, 2.24) is 15.5 Å². The third-order valence-electron chi connectivity index (χ3n) is 4.30. The van der Waals surface area contributed by atoms with Gasteiger partial charge in [-0.05, 0) is 65.2 Å². The Hall–Kier alpha value is -2.77. The normalized spacial score (nSPS) is 13.9. The Bertz CT molecular complexity index is 776. The number of ether oxygens (including phenoxy) is 1. The summed E-state index contributed by atoms with van der Waals surface area (Å²) in [5.74, 6) is -0.982. The Morgan fingerprint density at radius 2 is 1.52 bits per heavy atom. The molecule has 8 heteroatoms. The van der Waals surface area contributed by atoms with E-state index in [1.54, 1.807) is 46.8 Å². The van der Waals surface area contributed by atoms with Crippen LogP contribution in [0.25, 0.3) is 0 Å². The van der Waals surface area contributed by atoms with Crippen molar-refractivity contribution in [2.75, 3.05) is 7.05 Å². The van der Waals surface area contributed by atoms with Crippen LogP contribution in [0, 0.1) is 5.92 Å². The molecule has 0 spiro atoms. The highest BCUT2D eigenvalue weighted by Crippen LogP contribution is 2.25. The standard InChI is InChI=1S/C23H37N3O5/c1-14(2)17(24-21(30)31-23(6,7)8)20(29)26(9)18(19(28)25-22(3,4)5)15-10-12-16(27)13-11-15/h10-14,17-18,27H,1-9H3,(H,24,30)(H,25,28). The number of nitrogens with zero attached hydrogens (tertiary/aromatic N) is 1. The van der Waals surface area contributed by atoms with Gasteiger partial charge in [-0.25, -0.2) is 4.79 Å². The molecule has 0 heterocycles. The van der Waals surface area contributed by atoms with E-state index >= 15 is 0 Å². The Balaban J connectivity index is 3.23. The Morgan fingerprint density at radius 1 is 1.00 bits per heavy atom. The lowest BCUT2D eigenvalue weighted by molar-refractivity contribution is -0.142.